The molecule has 0 aromatic heterocycles. The second kappa shape index (κ2) is 3.94. The minimum Gasteiger partial charge on any atom is -0.255 e. The molecule has 0 bridgehead atoms. The molecule has 1 rings (SSSR count). The summed E-state index contributed by atoms with van der Waals surface area (Å²) in [5.41, 5.74) is 3.32. The first-order valence-electron chi connectivity index (χ1n) is 4.31. The van der Waals surface area contributed by atoms with Gasteiger partial charge in [-0.3, -0.25) is 5.43 Å². The normalized spacial score (nSPS) is 20.7. The molecule has 0 aromatic rings. The van der Waals surface area contributed by atoms with Gasteiger partial charge in [0.25, 0.3) is 0 Å². The summed E-state index contributed by atoms with van der Waals surface area (Å²) in [5.74, 6) is 0. The number of nitrogens with zero attached hydrogens (tertiary/aromatic N) is 1. The lowest BCUT2D eigenvalue weighted by atomic mass is 10.2. The average Bonchev–Trinajstić information content (AvgIpc) is 2.38. The Hall–Kier alpha value is -0.0800. The number of nitrogens with one attached hydrogen (secondary N) is 1. The molecule has 60 valence electrons. The zero-order valence-electron chi connectivity index (χ0n) is 7.06. The predicted octanol–water partition coefficient (Wildman–Crippen LogP) is 1.39. The highest BCUT2D eigenvalue weighted by atomic mass is 15.5. The molecule has 0 amide bonds. The monoisotopic (exact) mass is 142 g/mol. The molecular weight excluding hydrogens is 124 g/mol. The minimum absolute atomic E-state index is 0.806. The third kappa shape index (κ3) is 1.96. The SMILES string of the molecule is CCNN(C)C1CCCC1. The van der Waals surface area contributed by atoms with E-state index >= 15 is 0 Å². The van der Waals surface area contributed by atoms with Crippen LogP contribution in [0.15, 0.2) is 0 Å². The molecule has 1 fully saturated rings. The van der Waals surface area contributed by atoms with Crippen LogP contribution in [0.2, 0.25) is 0 Å². The standard InChI is InChI=1S/C8H18N2/c1-3-9-10(2)8-6-4-5-7-8/h8-9H,3-7H2,1-2H3. The molecule has 0 radical (unpaired) electrons. The molecule has 0 aliphatic heterocycles. The second-order valence-corrected chi connectivity index (χ2v) is 3.06. The van der Waals surface area contributed by atoms with Crippen LogP contribution < -0.4 is 5.43 Å². The van der Waals surface area contributed by atoms with Crippen LogP contribution in [0.25, 0.3) is 0 Å². The number of hydrazine groups is 1. The first kappa shape index (κ1) is 8.02. The van der Waals surface area contributed by atoms with Crippen LogP contribution in [0.5, 0.6) is 0 Å². The van der Waals surface area contributed by atoms with E-state index in [2.05, 4.69) is 24.4 Å². The third-order valence-corrected chi connectivity index (χ3v) is 2.28. The molecule has 2 heteroatoms. The largest absolute Gasteiger partial charge is 0.255 e. The van der Waals surface area contributed by atoms with E-state index in [1.54, 1.807) is 0 Å². The summed E-state index contributed by atoms with van der Waals surface area (Å²) in [6.07, 6.45) is 5.59. The van der Waals surface area contributed by atoms with Crippen molar-refractivity contribution >= 4 is 0 Å². The Kier molecular flexibility index (Phi) is 3.16. The lowest BCUT2D eigenvalue weighted by Crippen LogP contribution is -2.40. The lowest BCUT2D eigenvalue weighted by molar-refractivity contribution is 0.170. The number of hydrogen-bond acceptors (Lipinski definition) is 2. The zero-order chi connectivity index (χ0) is 7.40. The van der Waals surface area contributed by atoms with E-state index < -0.39 is 0 Å². The summed E-state index contributed by atoms with van der Waals surface area (Å²) < 4.78 is 0. The highest BCUT2D eigenvalue weighted by molar-refractivity contribution is 4.72. The van der Waals surface area contributed by atoms with Crippen molar-refractivity contribution in [3.8, 4) is 0 Å². The Morgan fingerprint density at radius 1 is 1.40 bits per heavy atom. The van der Waals surface area contributed by atoms with Crippen LogP contribution in [0.3, 0.4) is 0 Å². The molecule has 2 nitrogen and oxygen atoms in total. The van der Waals surface area contributed by atoms with E-state index in [-0.39, 0.29) is 0 Å². The van der Waals surface area contributed by atoms with Crippen LogP contribution in [0.1, 0.15) is 32.6 Å². The highest BCUT2D eigenvalue weighted by Gasteiger charge is 2.18. The molecule has 0 heterocycles. The Bertz CT molecular complexity index is 87.3. The van der Waals surface area contributed by atoms with Crippen molar-refractivity contribution in [2.75, 3.05) is 13.6 Å². The maximum absolute atomic E-state index is 3.32. The lowest BCUT2D eigenvalue weighted by Gasteiger charge is -2.23. The van der Waals surface area contributed by atoms with Gasteiger partial charge < -0.3 is 0 Å². The van der Waals surface area contributed by atoms with Crippen LogP contribution >= 0.6 is 0 Å². The first-order valence-corrected chi connectivity index (χ1v) is 4.31. The molecular formula is C8H18N2. The van der Waals surface area contributed by atoms with Crippen molar-refractivity contribution in [1.29, 1.82) is 0 Å². The number of rotatable bonds is 3. The van der Waals surface area contributed by atoms with Gasteiger partial charge in [-0.1, -0.05) is 19.8 Å². The van der Waals surface area contributed by atoms with Gasteiger partial charge in [-0.15, -0.1) is 0 Å². The molecule has 1 aliphatic rings. The van der Waals surface area contributed by atoms with Gasteiger partial charge in [-0.05, 0) is 12.8 Å². The van der Waals surface area contributed by atoms with Gasteiger partial charge in [0.15, 0.2) is 0 Å². The van der Waals surface area contributed by atoms with Gasteiger partial charge >= 0.3 is 0 Å². The maximum Gasteiger partial charge on any atom is 0.0240 e. The fourth-order valence-corrected chi connectivity index (χ4v) is 1.67. The summed E-state index contributed by atoms with van der Waals surface area (Å²) in [6, 6.07) is 0.806. The molecule has 0 atom stereocenters. The molecule has 0 saturated heterocycles. The van der Waals surface area contributed by atoms with Crippen molar-refractivity contribution < 1.29 is 0 Å². The van der Waals surface area contributed by atoms with Gasteiger partial charge in [-0.25, -0.2) is 5.01 Å². The van der Waals surface area contributed by atoms with E-state index in [4.69, 9.17) is 0 Å². The van der Waals surface area contributed by atoms with Crippen molar-refractivity contribution in [2.45, 2.75) is 38.6 Å². The van der Waals surface area contributed by atoms with Gasteiger partial charge in [0.05, 0.1) is 0 Å². The van der Waals surface area contributed by atoms with Crippen molar-refractivity contribution in [3.05, 3.63) is 0 Å². The van der Waals surface area contributed by atoms with Gasteiger partial charge in [0, 0.05) is 19.6 Å². The van der Waals surface area contributed by atoms with E-state index in [0.717, 1.165) is 12.6 Å². The van der Waals surface area contributed by atoms with Crippen LogP contribution in [-0.4, -0.2) is 24.6 Å². The topological polar surface area (TPSA) is 15.3 Å². The van der Waals surface area contributed by atoms with E-state index in [1.165, 1.54) is 25.7 Å². The quantitative estimate of drug-likeness (QED) is 0.599. The van der Waals surface area contributed by atoms with Gasteiger partial charge in [0.2, 0.25) is 0 Å². The summed E-state index contributed by atoms with van der Waals surface area (Å²) in [5, 5.41) is 2.27. The Morgan fingerprint density at radius 3 is 2.50 bits per heavy atom. The summed E-state index contributed by atoms with van der Waals surface area (Å²) in [6.45, 7) is 3.19. The van der Waals surface area contributed by atoms with Gasteiger partial charge in [0.1, 0.15) is 0 Å². The predicted molar refractivity (Wildman–Crippen MR) is 43.7 cm³/mol. The molecule has 10 heavy (non-hydrogen) atoms. The van der Waals surface area contributed by atoms with E-state index in [1.807, 2.05) is 0 Å². The minimum atomic E-state index is 0.806. The molecule has 1 saturated carbocycles. The van der Waals surface area contributed by atoms with Crippen molar-refractivity contribution in [2.24, 2.45) is 0 Å². The average molecular weight is 142 g/mol. The summed E-state index contributed by atoms with van der Waals surface area (Å²) in [4.78, 5) is 0. The fourth-order valence-electron chi connectivity index (χ4n) is 1.67. The maximum atomic E-state index is 3.32. The van der Waals surface area contributed by atoms with Crippen molar-refractivity contribution in [3.63, 3.8) is 0 Å². The van der Waals surface area contributed by atoms with Crippen molar-refractivity contribution in [1.82, 2.24) is 10.4 Å². The van der Waals surface area contributed by atoms with Crippen LogP contribution in [0, 0.1) is 0 Å². The Labute approximate surface area is 63.6 Å². The molecule has 0 unspecified atom stereocenters. The Balaban J connectivity index is 2.18. The first-order chi connectivity index (χ1) is 4.84. The summed E-state index contributed by atoms with van der Waals surface area (Å²) >= 11 is 0. The Morgan fingerprint density at radius 2 is 2.00 bits per heavy atom. The van der Waals surface area contributed by atoms with Gasteiger partial charge in [-0.2, -0.15) is 0 Å². The third-order valence-electron chi connectivity index (χ3n) is 2.28. The van der Waals surface area contributed by atoms with Crippen LogP contribution in [0.4, 0.5) is 0 Å². The molecule has 1 aliphatic carbocycles. The molecule has 1 N–H and O–H groups in total. The smallest absolute Gasteiger partial charge is 0.0240 e. The fraction of sp³-hybridized carbons (Fsp3) is 1.00. The summed E-state index contributed by atoms with van der Waals surface area (Å²) in [7, 11) is 2.15. The van der Waals surface area contributed by atoms with Crippen LogP contribution in [-0.2, 0) is 0 Å². The van der Waals surface area contributed by atoms with E-state index in [0.29, 0.717) is 0 Å². The number of hydrogen-bond donors (Lipinski definition) is 1. The van der Waals surface area contributed by atoms with E-state index in [9.17, 15) is 0 Å². The second-order valence-electron chi connectivity index (χ2n) is 3.06. The highest BCUT2D eigenvalue weighted by Crippen LogP contribution is 2.20. The molecule has 0 spiro atoms. The zero-order valence-corrected chi connectivity index (χ0v) is 7.06. The molecule has 0 aromatic carbocycles.